The molecule has 0 saturated carbocycles. The summed E-state index contributed by atoms with van der Waals surface area (Å²) in [7, 11) is 0. The van der Waals surface area contributed by atoms with Gasteiger partial charge in [0.2, 0.25) is 0 Å². The third kappa shape index (κ3) is 4.35. The van der Waals surface area contributed by atoms with E-state index < -0.39 is 18.4 Å². The number of fused-ring (bicyclic) bond motifs is 1. The van der Waals surface area contributed by atoms with Crippen LogP contribution in [0.2, 0.25) is 0 Å². The molecule has 0 aliphatic rings. The van der Waals surface area contributed by atoms with Crippen LogP contribution in [0.1, 0.15) is 5.56 Å². The van der Waals surface area contributed by atoms with E-state index in [1.807, 2.05) is 42.5 Å². The van der Waals surface area contributed by atoms with Gasteiger partial charge in [0.15, 0.2) is 30.2 Å². The zero-order valence-electron chi connectivity index (χ0n) is 15.2. The van der Waals surface area contributed by atoms with E-state index in [0.29, 0.717) is 11.3 Å². The zero-order chi connectivity index (χ0) is 20.2. The number of carboxylic acids is 1. The van der Waals surface area contributed by atoms with Gasteiger partial charge in [-0.25, -0.2) is 14.2 Å². The number of benzene rings is 3. The summed E-state index contributed by atoms with van der Waals surface area (Å²) in [5.41, 5.74) is 4.40. The SMILES string of the molecule is O=C(O)COc1ccc(OCc2cccc(-c3ccc4ncoc4c3)c2)cc1F. The molecule has 4 aromatic rings. The average molecular weight is 393 g/mol. The van der Waals surface area contributed by atoms with E-state index in [2.05, 4.69) is 4.98 Å². The van der Waals surface area contributed by atoms with Gasteiger partial charge in [-0.3, -0.25) is 0 Å². The smallest absolute Gasteiger partial charge is 0.341 e. The normalized spacial score (nSPS) is 10.8. The summed E-state index contributed by atoms with van der Waals surface area (Å²) in [6, 6.07) is 17.6. The molecule has 0 amide bonds. The fraction of sp³-hybridized carbons (Fsp3) is 0.0909. The maximum Gasteiger partial charge on any atom is 0.341 e. The third-order valence-electron chi connectivity index (χ3n) is 4.25. The zero-order valence-corrected chi connectivity index (χ0v) is 15.2. The van der Waals surface area contributed by atoms with E-state index in [1.54, 1.807) is 0 Å². The van der Waals surface area contributed by atoms with Gasteiger partial charge in [-0.1, -0.05) is 24.3 Å². The summed E-state index contributed by atoms with van der Waals surface area (Å²) in [6.45, 7) is -0.364. The van der Waals surface area contributed by atoms with Crippen molar-refractivity contribution in [2.24, 2.45) is 0 Å². The molecule has 1 heterocycles. The lowest BCUT2D eigenvalue weighted by atomic mass is 10.0. The predicted octanol–water partition coefficient (Wildman–Crippen LogP) is 4.68. The van der Waals surface area contributed by atoms with Crippen molar-refractivity contribution < 1.29 is 28.2 Å². The summed E-state index contributed by atoms with van der Waals surface area (Å²) in [5.74, 6) is -1.67. The molecule has 0 radical (unpaired) electrons. The summed E-state index contributed by atoms with van der Waals surface area (Å²) in [4.78, 5) is 14.6. The molecule has 0 aliphatic heterocycles. The number of rotatable bonds is 7. The average Bonchev–Trinajstić information content (AvgIpc) is 3.19. The van der Waals surface area contributed by atoms with Crippen molar-refractivity contribution in [1.82, 2.24) is 4.98 Å². The van der Waals surface area contributed by atoms with Crippen molar-refractivity contribution >= 4 is 17.1 Å². The number of hydrogen-bond acceptors (Lipinski definition) is 5. The maximum absolute atomic E-state index is 14.0. The van der Waals surface area contributed by atoms with Crippen molar-refractivity contribution in [2.75, 3.05) is 6.61 Å². The minimum atomic E-state index is -1.17. The van der Waals surface area contributed by atoms with Gasteiger partial charge in [0.05, 0.1) is 0 Å². The topological polar surface area (TPSA) is 81.8 Å². The number of nitrogens with zero attached hydrogens (tertiary/aromatic N) is 1. The molecule has 0 spiro atoms. The number of aromatic nitrogens is 1. The summed E-state index contributed by atoms with van der Waals surface area (Å²) in [6.07, 6.45) is 1.41. The van der Waals surface area contributed by atoms with E-state index >= 15 is 0 Å². The van der Waals surface area contributed by atoms with Gasteiger partial charge in [0.1, 0.15) is 17.9 Å². The Morgan fingerprint density at radius 1 is 1.03 bits per heavy atom. The fourth-order valence-corrected chi connectivity index (χ4v) is 2.87. The quantitative estimate of drug-likeness (QED) is 0.491. The van der Waals surface area contributed by atoms with Crippen LogP contribution in [0.3, 0.4) is 0 Å². The monoisotopic (exact) mass is 393 g/mol. The third-order valence-corrected chi connectivity index (χ3v) is 4.25. The lowest BCUT2D eigenvalue weighted by molar-refractivity contribution is -0.139. The Morgan fingerprint density at radius 3 is 2.72 bits per heavy atom. The molecule has 3 aromatic carbocycles. The molecule has 0 saturated heterocycles. The van der Waals surface area contributed by atoms with Crippen LogP contribution in [0.15, 0.2) is 71.5 Å². The van der Waals surface area contributed by atoms with Gasteiger partial charge in [0, 0.05) is 6.07 Å². The first kappa shape index (κ1) is 18.5. The van der Waals surface area contributed by atoms with Gasteiger partial charge < -0.3 is 19.0 Å². The van der Waals surface area contributed by atoms with Crippen LogP contribution < -0.4 is 9.47 Å². The maximum atomic E-state index is 14.0. The number of hydrogen-bond donors (Lipinski definition) is 1. The number of oxazole rings is 1. The summed E-state index contributed by atoms with van der Waals surface area (Å²) < 4.78 is 29.9. The van der Waals surface area contributed by atoms with Gasteiger partial charge in [0.25, 0.3) is 0 Å². The standard InChI is InChI=1S/C22H16FNO5/c23-18-10-17(5-7-20(18)28-12-22(25)26)27-11-14-2-1-3-15(8-14)16-4-6-19-21(9-16)29-13-24-19/h1-10,13H,11-12H2,(H,25,26). The molecule has 0 unspecified atom stereocenters. The summed E-state index contributed by atoms with van der Waals surface area (Å²) >= 11 is 0. The van der Waals surface area contributed by atoms with Crippen LogP contribution in [0.25, 0.3) is 22.2 Å². The Kier molecular flexibility index (Phi) is 5.11. The van der Waals surface area contributed by atoms with E-state index in [0.717, 1.165) is 22.2 Å². The molecule has 0 fully saturated rings. The highest BCUT2D eigenvalue weighted by Gasteiger charge is 2.08. The molecule has 0 aliphatic carbocycles. The molecule has 4 rings (SSSR count). The number of carboxylic acid groups (broad SMARTS) is 1. The van der Waals surface area contributed by atoms with Crippen molar-refractivity contribution in [3.63, 3.8) is 0 Å². The molecular formula is C22H16FNO5. The largest absolute Gasteiger partial charge is 0.489 e. The van der Waals surface area contributed by atoms with Crippen LogP contribution in [0.4, 0.5) is 4.39 Å². The molecular weight excluding hydrogens is 377 g/mol. The van der Waals surface area contributed by atoms with Gasteiger partial charge in [-0.15, -0.1) is 0 Å². The van der Waals surface area contributed by atoms with E-state index in [1.165, 1.54) is 24.6 Å². The second-order valence-corrected chi connectivity index (χ2v) is 6.30. The molecule has 0 bridgehead atoms. The first-order valence-electron chi connectivity index (χ1n) is 8.78. The minimum absolute atomic E-state index is 0.135. The Bertz CT molecular complexity index is 1170. The number of halogens is 1. The Morgan fingerprint density at radius 2 is 1.90 bits per heavy atom. The molecule has 0 atom stereocenters. The highest BCUT2D eigenvalue weighted by molar-refractivity contribution is 5.80. The van der Waals surface area contributed by atoms with Crippen LogP contribution in [0.5, 0.6) is 11.5 Å². The van der Waals surface area contributed by atoms with Crippen molar-refractivity contribution in [1.29, 1.82) is 0 Å². The molecule has 1 aromatic heterocycles. The number of ether oxygens (including phenoxy) is 2. The first-order chi connectivity index (χ1) is 14.1. The van der Waals surface area contributed by atoms with E-state index in [-0.39, 0.29) is 12.4 Å². The fourth-order valence-electron chi connectivity index (χ4n) is 2.87. The van der Waals surface area contributed by atoms with E-state index in [9.17, 15) is 9.18 Å². The molecule has 7 heteroatoms. The second-order valence-electron chi connectivity index (χ2n) is 6.30. The van der Waals surface area contributed by atoms with Crippen molar-refractivity contribution in [3.05, 3.63) is 78.4 Å². The van der Waals surface area contributed by atoms with Crippen molar-refractivity contribution in [2.45, 2.75) is 6.61 Å². The Hall–Kier alpha value is -3.87. The predicted molar refractivity (Wildman–Crippen MR) is 103 cm³/mol. The summed E-state index contributed by atoms with van der Waals surface area (Å²) in [5, 5.41) is 8.60. The number of carbonyl (C=O) groups is 1. The first-order valence-corrected chi connectivity index (χ1v) is 8.78. The van der Waals surface area contributed by atoms with Crippen LogP contribution in [-0.2, 0) is 11.4 Å². The van der Waals surface area contributed by atoms with Gasteiger partial charge in [-0.2, -0.15) is 0 Å². The lowest BCUT2D eigenvalue weighted by Crippen LogP contribution is -2.10. The molecule has 29 heavy (non-hydrogen) atoms. The number of aliphatic carboxylic acids is 1. The van der Waals surface area contributed by atoms with Crippen molar-refractivity contribution in [3.8, 4) is 22.6 Å². The lowest BCUT2D eigenvalue weighted by Gasteiger charge is -2.10. The van der Waals surface area contributed by atoms with E-state index in [4.69, 9.17) is 19.0 Å². The highest BCUT2D eigenvalue weighted by atomic mass is 19.1. The highest BCUT2D eigenvalue weighted by Crippen LogP contribution is 2.26. The molecule has 6 nitrogen and oxygen atoms in total. The second kappa shape index (κ2) is 8.02. The molecule has 146 valence electrons. The Labute approximate surface area is 165 Å². The minimum Gasteiger partial charge on any atom is -0.489 e. The van der Waals surface area contributed by atoms with Gasteiger partial charge >= 0.3 is 5.97 Å². The van der Waals surface area contributed by atoms with Crippen LogP contribution in [0, 0.1) is 5.82 Å². The van der Waals surface area contributed by atoms with Crippen LogP contribution in [-0.4, -0.2) is 22.7 Å². The Balaban J connectivity index is 1.45. The van der Waals surface area contributed by atoms with Gasteiger partial charge in [-0.05, 0) is 47.0 Å². The van der Waals surface area contributed by atoms with Crippen LogP contribution >= 0.6 is 0 Å². The molecule has 1 N–H and O–H groups in total.